The Kier molecular flexibility index (Phi) is 2.92. The number of carbonyl (C=O) groups is 1. The third-order valence-electron chi connectivity index (χ3n) is 1.21. The molecular formula is C5H8N4O2S. The van der Waals surface area contributed by atoms with E-state index in [-0.39, 0.29) is 12.5 Å². The molecule has 0 aliphatic carbocycles. The van der Waals surface area contributed by atoms with E-state index in [1.807, 2.05) is 0 Å². The van der Waals surface area contributed by atoms with E-state index in [0.717, 1.165) is 11.5 Å². The van der Waals surface area contributed by atoms with Crippen LogP contribution in [0, 0.1) is 0 Å². The molecule has 66 valence electrons. The van der Waals surface area contributed by atoms with Crippen molar-refractivity contribution in [3.05, 3.63) is 0 Å². The number of nitrogens with zero attached hydrogens (tertiary/aromatic N) is 4. The first-order valence-electron chi connectivity index (χ1n) is 3.17. The second kappa shape index (κ2) is 3.96. The molecule has 1 aromatic heterocycles. The molecule has 6 nitrogen and oxygen atoms in total. The van der Waals surface area contributed by atoms with E-state index in [0.29, 0.717) is 5.13 Å². The second-order valence-electron chi connectivity index (χ2n) is 2.08. The van der Waals surface area contributed by atoms with Crippen LogP contribution in [-0.4, -0.2) is 41.5 Å². The van der Waals surface area contributed by atoms with E-state index < -0.39 is 0 Å². The Bertz CT molecular complexity index is 250. The summed E-state index contributed by atoms with van der Waals surface area (Å²) >= 11 is 1.13. The van der Waals surface area contributed by atoms with Gasteiger partial charge in [-0.05, 0) is 5.21 Å². The molecule has 0 aliphatic heterocycles. The van der Waals surface area contributed by atoms with Gasteiger partial charge < -0.3 is 9.64 Å². The van der Waals surface area contributed by atoms with Gasteiger partial charge in [0.15, 0.2) is 0 Å². The van der Waals surface area contributed by atoms with Gasteiger partial charge in [0.1, 0.15) is 6.54 Å². The number of hydrogen-bond donors (Lipinski definition) is 0. The molecule has 0 atom stereocenters. The maximum atomic E-state index is 10.8. The smallest absolute Gasteiger partial charge is 0.325 e. The Morgan fingerprint density at radius 2 is 2.50 bits per heavy atom. The van der Waals surface area contributed by atoms with Crippen LogP contribution in [0.2, 0.25) is 0 Å². The molecule has 1 rings (SSSR count). The summed E-state index contributed by atoms with van der Waals surface area (Å²) in [6, 6.07) is 0. The lowest BCUT2D eigenvalue weighted by Gasteiger charge is -2.11. The van der Waals surface area contributed by atoms with E-state index in [1.165, 1.54) is 7.11 Å². The lowest BCUT2D eigenvalue weighted by molar-refractivity contribution is -0.138. The number of aromatic nitrogens is 3. The van der Waals surface area contributed by atoms with Gasteiger partial charge >= 0.3 is 5.97 Å². The summed E-state index contributed by atoms with van der Waals surface area (Å²) in [7, 11) is 3.06. The number of esters is 1. The predicted octanol–water partition coefficient (Wildman–Crippen LogP) is -0.458. The van der Waals surface area contributed by atoms with Crippen LogP contribution in [0.3, 0.4) is 0 Å². The summed E-state index contributed by atoms with van der Waals surface area (Å²) in [5.41, 5.74) is 0. The highest BCUT2D eigenvalue weighted by Gasteiger charge is 2.09. The Morgan fingerprint density at radius 1 is 1.75 bits per heavy atom. The van der Waals surface area contributed by atoms with Crippen LogP contribution >= 0.6 is 11.5 Å². The van der Waals surface area contributed by atoms with Crippen molar-refractivity contribution in [1.29, 1.82) is 0 Å². The topological polar surface area (TPSA) is 68.2 Å². The average molecular weight is 188 g/mol. The van der Waals surface area contributed by atoms with Gasteiger partial charge in [-0.25, -0.2) is 0 Å². The van der Waals surface area contributed by atoms with Gasteiger partial charge in [0.25, 0.3) is 0 Å². The molecule has 1 aromatic rings. The summed E-state index contributed by atoms with van der Waals surface area (Å²) in [6.45, 7) is 0.160. The Hall–Kier alpha value is -1.24. The molecule has 0 saturated heterocycles. The first-order chi connectivity index (χ1) is 5.74. The van der Waals surface area contributed by atoms with E-state index in [9.17, 15) is 4.79 Å². The molecule has 12 heavy (non-hydrogen) atoms. The van der Waals surface area contributed by atoms with Crippen molar-refractivity contribution in [2.75, 3.05) is 25.6 Å². The van der Waals surface area contributed by atoms with Gasteiger partial charge in [0, 0.05) is 18.6 Å². The van der Waals surface area contributed by atoms with Gasteiger partial charge in [-0.3, -0.25) is 4.79 Å². The fourth-order valence-corrected chi connectivity index (χ4v) is 1.02. The fraction of sp³-hybridized carbons (Fsp3) is 0.600. The van der Waals surface area contributed by atoms with Crippen molar-refractivity contribution in [1.82, 2.24) is 14.8 Å². The van der Waals surface area contributed by atoms with Crippen molar-refractivity contribution in [3.8, 4) is 0 Å². The third kappa shape index (κ3) is 2.12. The Balaban J connectivity index is 2.49. The summed E-state index contributed by atoms with van der Waals surface area (Å²) < 4.78 is 8.04. The minimum atomic E-state index is -0.312. The SMILES string of the molecule is COC(=O)CN(C)c1nnns1. The summed E-state index contributed by atoms with van der Waals surface area (Å²) in [5, 5.41) is 7.68. The van der Waals surface area contributed by atoms with E-state index in [1.54, 1.807) is 11.9 Å². The molecule has 0 spiro atoms. The van der Waals surface area contributed by atoms with Crippen molar-refractivity contribution >= 4 is 22.6 Å². The summed E-state index contributed by atoms with van der Waals surface area (Å²) in [4.78, 5) is 12.4. The maximum Gasteiger partial charge on any atom is 0.325 e. The van der Waals surface area contributed by atoms with E-state index in [2.05, 4.69) is 19.5 Å². The van der Waals surface area contributed by atoms with Crippen molar-refractivity contribution < 1.29 is 9.53 Å². The quantitative estimate of drug-likeness (QED) is 0.598. The van der Waals surface area contributed by atoms with Crippen LogP contribution in [0.15, 0.2) is 0 Å². The van der Waals surface area contributed by atoms with E-state index >= 15 is 0 Å². The zero-order valence-corrected chi connectivity index (χ0v) is 7.54. The highest BCUT2D eigenvalue weighted by Crippen LogP contribution is 2.09. The first kappa shape index (κ1) is 8.85. The number of carbonyl (C=O) groups excluding carboxylic acids is 1. The monoisotopic (exact) mass is 188 g/mol. The number of methoxy groups -OCH3 is 1. The van der Waals surface area contributed by atoms with Crippen molar-refractivity contribution in [3.63, 3.8) is 0 Å². The molecule has 0 radical (unpaired) electrons. The molecule has 0 bridgehead atoms. The van der Waals surface area contributed by atoms with Crippen LogP contribution in [0.1, 0.15) is 0 Å². The minimum absolute atomic E-state index is 0.160. The Labute approximate surface area is 73.3 Å². The van der Waals surface area contributed by atoms with Crippen LogP contribution in [0.4, 0.5) is 5.13 Å². The average Bonchev–Trinajstić information content (AvgIpc) is 2.56. The minimum Gasteiger partial charge on any atom is -0.468 e. The molecular weight excluding hydrogens is 180 g/mol. The van der Waals surface area contributed by atoms with Crippen molar-refractivity contribution in [2.24, 2.45) is 0 Å². The van der Waals surface area contributed by atoms with Crippen LogP contribution in [0.25, 0.3) is 0 Å². The molecule has 0 aromatic carbocycles. The highest BCUT2D eigenvalue weighted by atomic mass is 32.1. The molecule has 0 unspecified atom stereocenters. The van der Waals surface area contributed by atoms with Crippen LogP contribution in [0.5, 0.6) is 0 Å². The molecule has 1 heterocycles. The standard InChI is InChI=1S/C5H8N4O2S/c1-9(3-4(10)11-2)5-6-7-8-12-5/h3H2,1-2H3. The lowest BCUT2D eigenvalue weighted by Crippen LogP contribution is -2.26. The number of likely N-dealkylation sites (N-methyl/N-ethyl adjacent to an activating group) is 1. The highest BCUT2D eigenvalue weighted by molar-refractivity contribution is 7.09. The molecule has 0 N–H and O–H groups in total. The van der Waals surface area contributed by atoms with E-state index in [4.69, 9.17) is 0 Å². The number of rotatable bonds is 3. The molecule has 7 heteroatoms. The number of ether oxygens (including phenoxy) is 1. The zero-order valence-electron chi connectivity index (χ0n) is 6.72. The first-order valence-corrected chi connectivity index (χ1v) is 3.94. The van der Waals surface area contributed by atoms with Gasteiger partial charge in [-0.15, -0.1) is 0 Å². The zero-order chi connectivity index (χ0) is 8.97. The second-order valence-corrected chi connectivity index (χ2v) is 2.79. The lowest BCUT2D eigenvalue weighted by atomic mass is 10.6. The number of hydrogen-bond acceptors (Lipinski definition) is 7. The van der Waals surface area contributed by atoms with Gasteiger partial charge in [-0.1, -0.05) is 9.59 Å². The predicted molar refractivity (Wildman–Crippen MR) is 43.0 cm³/mol. The van der Waals surface area contributed by atoms with Crippen LogP contribution < -0.4 is 4.90 Å². The van der Waals surface area contributed by atoms with Crippen LogP contribution in [-0.2, 0) is 9.53 Å². The molecule has 0 aliphatic rings. The molecule has 0 saturated carbocycles. The van der Waals surface area contributed by atoms with Crippen molar-refractivity contribution in [2.45, 2.75) is 0 Å². The third-order valence-corrected chi connectivity index (χ3v) is 1.92. The molecule has 0 fully saturated rings. The molecule has 0 amide bonds. The largest absolute Gasteiger partial charge is 0.468 e. The van der Waals surface area contributed by atoms with Gasteiger partial charge in [0.05, 0.1) is 7.11 Å². The maximum absolute atomic E-state index is 10.8. The normalized spacial score (nSPS) is 9.50. The fourth-order valence-electron chi connectivity index (χ4n) is 0.601. The summed E-state index contributed by atoms with van der Waals surface area (Å²) in [5.74, 6) is -0.312. The number of anilines is 1. The Morgan fingerprint density at radius 3 is 3.00 bits per heavy atom. The van der Waals surface area contributed by atoms with Gasteiger partial charge in [0.2, 0.25) is 5.13 Å². The van der Waals surface area contributed by atoms with Gasteiger partial charge in [-0.2, -0.15) is 0 Å². The summed E-state index contributed by atoms with van der Waals surface area (Å²) in [6.07, 6.45) is 0.